The molecule has 0 bridgehead atoms. The first-order chi connectivity index (χ1) is 7.36. The Morgan fingerprint density at radius 3 is 3.00 bits per heavy atom. The van der Waals surface area contributed by atoms with Crippen LogP contribution in [0.15, 0.2) is 12.5 Å². The fourth-order valence-electron chi connectivity index (χ4n) is 1.66. The molecular formula is C10H16N4O. The molecule has 1 saturated carbocycles. The molecule has 0 saturated heterocycles. The summed E-state index contributed by atoms with van der Waals surface area (Å²) in [7, 11) is 1.63. The highest BCUT2D eigenvalue weighted by Gasteiger charge is 2.31. The second-order valence-electron chi connectivity index (χ2n) is 3.63. The van der Waals surface area contributed by atoms with E-state index in [9.17, 15) is 0 Å². The Bertz CT molecular complexity index is 327. The van der Waals surface area contributed by atoms with Crippen LogP contribution in [0, 0.1) is 0 Å². The van der Waals surface area contributed by atoms with Gasteiger partial charge >= 0.3 is 0 Å². The monoisotopic (exact) mass is 208 g/mol. The van der Waals surface area contributed by atoms with E-state index in [1.807, 2.05) is 0 Å². The number of hydrogen-bond acceptors (Lipinski definition) is 5. The maximum absolute atomic E-state index is 5.60. The van der Waals surface area contributed by atoms with Crippen LogP contribution in [-0.4, -0.2) is 36.2 Å². The van der Waals surface area contributed by atoms with E-state index in [-0.39, 0.29) is 0 Å². The summed E-state index contributed by atoms with van der Waals surface area (Å²) in [5, 5.41) is 0. The SMILES string of the molecule is COc1cncnc1N(CCN)C1CC1. The van der Waals surface area contributed by atoms with Crippen molar-refractivity contribution >= 4 is 5.82 Å². The summed E-state index contributed by atoms with van der Waals surface area (Å²) in [4.78, 5) is 10.4. The predicted octanol–water partition coefficient (Wildman–Crippen LogP) is 0.413. The Morgan fingerprint density at radius 2 is 2.40 bits per heavy atom. The fourth-order valence-corrected chi connectivity index (χ4v) is 1.66. The van der Waals surface area contributed by atoms with Gasteiger partial charge in [-0.1, -0.05) is 0 Å². The summed E-state index contributed by atoms with van der Waals surface area (Å²) in [6.07, 6.45) is 5.66. The van der Waals surface area contributed by atoms with Crippen molar-refractivity contribution in [3.05, 3.63) is 12.5 Å². The number of rotatable bonds is 5. The molecule has 2 rings (SSSR count). The van der Waals surface area contributed by atoms with Gasteiger partial charge in [-0.25, -0.2) is 9.97 Å². The van der Waals surface area contributed by atoms with Crippen LogP contribution < -0.4 is 15.4 Å². The summed E-state index contributed by atoms with van der Waals surface area (Å²) in [6.45, 7) is 1.45. The maximum Gasteiger partial charge on any atom is 0.179 e. The zero-order valence-electron chi connectivity index (χ0n) is 8.89. The average Bonchev–Trinajstić information content (AvgIpc) is 3.10. The minimum absolute atomic E-state index is 0.581. The fraction of sp³-hybridized carbons (Fsp3) is 0.600. The maximum atomic E-state index is 5.60. The number of hydrogen-bond donors (Lipinski definition) is 1. The first-order valence-corrected chi connectivity index (χ1v) is 5.17. The second kappa shape index (κ2) is 4.44. The Balaban J connectivity index is 2.23. The van der Waals surface area contributed by atoms with Gasteiger partial charge in [0.2, 0.25) is 0 Å². The topological polar surface area (TPSA) is 64.3 Å². The van der Waals surface area contributed by atoms with Crippen LogP contribution in [0.25, 0.3) is 0 Å². The molecule has 0 atom stereocenters. The van der Waals surface area contributed by atoms with Gasteiger partial charge in [0.05, 0.1) is 13.3 Å². The Labute approximate surface area is 89.3 Å². The van der Waals surface area contributed by atoms with Gasteiger partial charge in [-0.3, -0.25) is 0 Å². The lowest BCUT2D eigenvalue weighted by atomic mass is 10.4. The quantitative estimate of drug-likeness (QED) is 0.759. The number of methoxy groups -OCH3 is 1. The molecule has 0 aliphatic heterocycles. The molecule has 1 aliphatic rings. The molecule has 5 nitrogen and oxygen atoms in total. The second-order valence-corrected chi connectivity index (χ2v) is 3.63. The summed E-state index contributed by atoms with van der Waals surface area (Å²) >= 11 is 0. The van der Waals surface area contributed by atoms with Gasteiger partial charge in [0.1, 0.15) is 6.33 Å². The largest absolute Gasteiger partial charge is 0.491 e. The molecule has 1 aromatic rings. The lowest BCUT2D eigenvalue weighted by molar-refractivity contribution is 0.410. The van der Waals surface area contributed by atoms with E-state index in [4.69, 9.17) is 10.5 Å². The molecule has 82 valence electrons. The molecular weight excluding hydrogens is 192 g/mol. The zero-order chi connectivity index (χ0) is 10.7. The molecule has 2 N–H and O–H groups in total. The standard InChI is InChI=1S/C10H16N4O/c1-15-9-6-12-7-13-10(9)14(5-4-11)8-2-3-8/h6-8H,2-5,11H2,1H3. The van der Waals surface area contributed by atoms with Gasteiger partial charge < -0.3 is 15.4 Å². The molecule has 1 fully saturated rings. The van der Waals surface area contributed by atoms with Crippen LogP contribution in [0.3, 0.4) is 0 Å². The molecule has 0 amide bonds. The van der Waals surface area contributed by atoms with Gasteiger partial charge in [-0.15, -0.1) is 0 Å². The molecule has 0 aromatic carbocycles. The highest BCUT2D eigenvalue weighted by atomic mass is 16.5. The highest BCUT2D eigenvalue weighted by molar-refractivity contribution is 5.52. The normalized spacial score (nSPS) is 15.1. The van der Waals surface area contributed by atoms with E-state index in [0.717, 1.165) is 18.1 Å². The highest BCUT2D eigenvalue weighted by Crippen LogP contribution is 2.34. The average molecular weight is 208 g/mol. The minimum Gasteiger partial charge on any atom is -0.491 e. The van der Waals surface area contributed by atoms with E-state index in [0.29, 0.717) is 12.6 Å². The van der Waals surface area contributed by atoms with Gasteiger partial charge in [0, 0.05) is 19.1 Å². The van der Waals surface area contributed by atoms with Crippen LogP contribution in [-0.2, 0) is 0 Å². The van der Waals surface area contributed by atoms with E-state index >= 15 is 0 Å². The molecule has 1 heterocycles. The summed E-state index contributed by atoms with van der Waals surface area (Å²) in [5.74, 6) is 1.58. The van der Waals surface area contributed by atoms with Crippen LogP contribution >= 0.6 is 0 Å². The van der Waals surface area contributed by atoms with Crippen molar-refractivity contribution < 1.29 is 4.74 Å². The lowest BCUT2D eigenvalue weighted by Gasteiger charge is -2.23. The third-order valence-electron chi connectivity index (χ3n) is 2.51. The molecule has 5 heteroatoms. The lowest BCUT2D eigenvalue weighted by Crippen LogP contribution is -2.32. The van der Waals surface area contributed by atoms with Gasteiger partial charge in [0.25, 0.3) is 0 Å². The van der Waals surface area contributed by atoms with E-state index in [2.05, 4.69) is 14.9 Å². The number of nitrogens with zero attached hydrogens (tertiary/aromatic N) is 3. The summed E-state index contributed by atoms with van der Waals surface area (Å²) < 4.78 is 5.24. The smallest absolute Gasteiger partial charge is 0.179 e. The van der Waals surface area contributed by atoms with Crippen molar-refractivity contribution in [2.75, 3.05) is 25.1 Å². The van der Waals surface area contributed by atoms with Gasteiger partial charge in [-0.2, -0.15) is 0 Å². The number of anilines is 1. The van der Waals surface area contributed by atoms with Crippen LogP contribution in [0.1, 0.15) is 12.8 Å². The van der Waals surface area contributed by atoms with E-state index in [1.165, 1.54) is 12.8 Å². The van der Waals surface area contributed by atoms with Crippen molar-refractivity contribution in [2.45, 2.75) is 18.9 Å². The molecule has 0 radical (unpaired) electrons. The van der Waals surface area contributed by atoms with Crippen molar-refractivity contribution in [1.29, 1.82) is 0 Å². The third kappa shape index (κ3) is 2.18. The first-order valence-electron chi connectivity index (χ1n) is 5.17. The third-order valence-corrected chi connectivity index (χ3v) is 2.51. The van der Waals surface area contributed by atoms with Gasteiger partial charge in [-0.05, 0) is 12.8 Å². The molecule has 1 aliphatic carbocycles. The molecule has 0 unspecified atom stereocenters. The Morgan fingerprint density at radius 1 is 1.60 bits per heavy atom. The van der Waals surface area contributed by atoms with E-state index in [1.54, 1.807) is 19.6 Å². The predicted molar refractivity (Wildman–Crippen MR) is 58.0 cm³/mol. The number of aromatic nitrogens is 2. The summed E-state index contributed by atoms with van der Waals surface area (Å²) in [6, 6.07) is 0.581. The van der Waals surface area contributed by atoms with Crippen molar-refractivity contribution in [3.63, 3.8) is 0 Å². The van der Waals surface area contributed by atoms with Crippen LogP contribution in [0.4, 0.5) is 5.82 Å². The van der Waals surface area contributed by atoms with Crippen molar-refractivity contribution in [2.24, 2.45) is 5.73 Å². The van der Waals surface area contributed by atoms with Crippen molar-refractivity contribution in [1.82, 2.24) is 9.97 Å². The first kappa shape index (κ1) is 10.2. The van der Waals surface area contributed by atoms with Gasteiger partial charge in [0.15, 0.2) is 11.6 Å². The van der Waals surface area contributed by atoms with Crippen LogP contribution in [0.2, 0.25) is 0 Å². The Hall–Kier alpha value is -1.36. The molecule has 0 spiro atoms. The minimum atomic E-state index is 0.581. The zero-order valence-corrected chi connectivity index (χ0v) is 8.89. The molecule has 15 heavy (non-hydrogen) atoms. The van der Waals surface area contributed by atoms with E-state index < -0.39 is 0 Å². The van der Waals surface area contributed by atoms with Crippen LogP contribution in [0.5, 0.6) is 5.75 Å². The summed E-state index contributed by atoms with van der Waals surface area (Å²) in [5.41, 5.74) is 5.60. The molecule has 1 aromatic heterocycles. The van der Waals surface area contributed by atoms with Crippen molar-refractivity contribution in [3.8, 4) is 5.75 Å². The number of ether oxygens (including phenoxy) is 1. The Kier molecular flexibility index (Phi) is 3.01. The number of nitrogens with two attached hydrogens (primary N) is 1.